The van der Waals surface area contributed by atoms with Gasteiger partial charge in [-0.2, -0.15) is 0 Å². The SMILES string of the molecule is C=C(C)Cn1cc(C)c2ncc(-c3ccc(F)c(F)c3)cc21. The van der Waals surface area contributed by atoms with Crippen molar-refractivity contribution in [3.63, 3.8) is 0 Å². The first kappa shape index (κ1) is 14.4. The average Bonchev–Trinajstić information content (AvgIpc) is 2.77. The van der Waals surface area contributed by atoms with Crippen LogP contribution in [0.5, 0.6) is 0 Å². The van der Waals surface area contributed by atoms with E-state index in [4.69, 9.17) is 0 Å². The Morgan fingerprint density at radius 3 is 2.64 bits per heavy atom. The molecule has 0 aliphatic rings. The number of rotatable bonds is 3. The highest BCUT2D eigenvalue weighted by molar-refractivity contribution is 5.84. The molecule has 0 saturated heterocycles. The van der Waals surface area contributed by atoms with E-state index in [0.717, 1.165) is 33.8 Å². The Morgan fingerprint density at radius 1 is 1.18 bits per heavy atom. The fourth-order valence-electron chi connectivity index (χ4n) is 2.60. The summed E-state index contributed by atoms with van der Waals surface area (Å²) >= 11 is 0. The van der Waals surface area contributed by atoms with E-state index in [9.17, 15) is 8.78 Å². The maximum atomic E-state index is 13.4. The minimum Gasteiger partial charge on any atom is -0.342 e. The molecule has 0 N–H and O–H groups in total. The fraction of sp³-hybridized carbons (Fsp3) is 0.167. The largest absolute Gasteiger partial charge is 0.342 e. The number of hydrogen-bond donors (Lipinski definition) is 0. The van der Waals surface area contributed by atoms with Gasteiger partial charge in [-0.25, -0.2) is 8.78 Å². The van der Waals surface area contributed by atoms with Crippen LogP contribution >= 0.6 is 0 Å². The minimum atomic E-state index is -0.855. The lowest BCUT2D eigenvalue weighted by Crippen LogP contribution is -1.96. The third-order valence-electron chi connectivity index (χ3n) is 3.59. The van der Waals surface area contributed by atoms with Crippen LogP contribution in [0, 0.1) is 18.6 Å². The summed E-state index contributed by atoms with van der Waals surface area (Å²) in [5.41, 5.74) is 5.35. The second-order valence-corrected chi connectivity index (χ2v) is 5.62. The summed E-state index contributed by atoms with van der Waals surface area (Å²) in [4.78, 5) is 4.47. The molecule has 0 unspecified atom stereocenters. The van der Waals surface area contributed by atoms with Crippen LogP contribution in [0.3, 0.4) is 0 Å². The van der Waals surface area contributed by atoms with Crippen LogP contribution in [0.1, 0.15) is 12.5 Å². The lowest BCUT2D eigenvalue weighted by Gasteiger charge is -2.07. The molecule has 112 valence electrons. The Labute approximate surface area is 127 Å². The van der Waals surface area contributed by atoms with Gasteiger partial charge < -0.3 is 4.57 Å². The third-order valence-corrected chi connectivity index (χ3v) is 3.59. The number of benzene rings is 1. The van der Waals surface area contributed by atoms with Crippen molar-refractivity contribution in [3.05, 3.63) is 66.0 Å². The molecule has 0 amide bonds. The van der Waals surface area contributed by atoms with Crippen molar-refractivity contribution in [1.82, 2.24) is 9.55 Å². The van der Waals surface area contributed by atoms with E-state index in [1.807, 2.05) is 26.1 Å². The first-order valence-electron chi connectivity index (χ1n) is 7.01. The topological polar surface area (TPSA) is 17.8 Å². The van der Waals surface area contributed by atoms with Gasteiger partial charge in [-0.15, -0.1) is 0 Å². The zero-order valence-electron chi connectivity index (χ0n) is 12.5. The quantitative estimate of drug-likeness (QED) is 0.631. The standard InChI is InChI=1S/C18H16F2N2/c1-11(2)9-22-10-12(3)18-17(22)7-14(8-21-18)13-4-5-15(19)16(20)6-13/h4-8,10H,1,9H2,2-3H3. The molecule has 0 fully saturated rings. The van der Waals surface area contributed by atoms with E-state index in [-0.39, 0.29) is 0 Å². The number of pyridine rings is 1. The molecule has 2 nitrogen and oxygen atoms in total. The van der Waals surface area contributed by atoms with Crippen LogP contribution in [0.2, 0.25) is 0 Å². The maximum absolute atomic E-state index is 13.4. The van der Waals surface area contributed by atoms with Gasteiger partial charge in [0.25, 0.3) is 0 Å². The Bertz CT molecular complexity index is 878. The van der Waals surface area contributed by atoms with Crippen molar-refractivity contribution < 1.29 is 8.78 Å². The van der Waals surface area contributed by atoms with Crippen LogP contribution in [0.15, 0.2) is 48.8 Å². The molecule has 3 aromatic rings. The van der Waals surface area contributed by atoms with Crippen LogP contribution < -0.4 is 0 Å². The summed E-state index contributed by atoms with van der Waals surface area (Å²) in [7, 11) is 0. The zero-order valence-corrected chi connectivity index (χ0v) is 12.5. The molecule has 3 rings (SSSR count). The fourth-order valence-corrected chi connectivity index (χ4v) is 2.60. The van der Waals surface area contributed by atoms with Crippen LogP contribution in [-0.4, -0.2) is 9.55 Å². The first-order chi connectivity index (χ1) is 10.5. The van der Waals surface area contributed by atoms with E-state index in [1.54, 1.807) is 12.3 Å². The van der Waals surface area contributed by atoms with Gasteiger partial charge in [0.05, 0.1) is 11.0 Å². The molecule has 0 spiro atoms. The summed E-state index contributed by atoms with van der Waals surface area (Å²) in [5, 5.41) is 0. The highest BCUT2D eigenvalue weighted by atomic mass is 19.2. The summed E-state index contributed by atoms with van der Waals surface area (Å²) in [6.07, 6.45) is 3.72. The van der Waals surface area contributed by atoms with Gasteiger partial charge in [-0.05, 0) is 43.2 Å². The molecular weight excluding hydrogens is 282 g/mol. The summed E-state index contributed by atoms with van der Waals surface area (Å²) in [6.45, 7) is 8.61. The Balaban J connectivity index is 2.15. The number of hydrogen-bond acceptors (Lipinski definition) is 1. The van der Waals surface area contributed by atoms with E-state index in [0.29, 0.717) is 12.1 Å². The molecule has 0 bridgehead atoms. The van der Waals surface area contributed by atoms with Crippen LogP contribution in [0.4, 0.5) is 8.78 Å². The van der Waals surface area contributed by atoms with Crippen LogP contribution in [0.25, 0.3) is 22.2 Å². The number of nitrogens with zero attached hydrogens (tertiary/aromatic N) is 2. The van der Waals surface area contributed by atoms with Gasteiger partial charge in [0.15, 0.2) is 11.6 Å². The second kappa shape index (κ2) is 5.37. The highest BCUT2D eigenvalue weighted by Crippen LogP contribution is 2.27. The van der Waals surface area contributed by atoms with Crippen molar-refractivity contribution in [2.45, 2.75) is 20.4 Å². The average molecular weight is 298 g/mol. The molecule has 0 atom stereocenters. The van der Waals surface area contributed by atoms with Gasteiger partial charge >= 0.3 is 0 Å². The lowest BCUT2D eigenvalue weighted by atomic mass is 10.1. The molecule has 0 radical (unpaired) electrons. The number of halogens is 2. The van der Waals surface area contributed by atoms with Crippen molar-refractivity contribution in [2.75, 3.05) is 0 Å². The van der Waals surface area contributed by atoms with Crippen molar-refractivity contribution >= 4 is 11.0 Å². The molecule has 2 heterocycles. The Hall–Kier alpha value is -2.49. The molecular formula is C18H16F2N2. The summed E-state index contributed by atoms with van der Waals surface area (Å²) in [6, 6.07) is 5.83. The lowest BCUT2D eigenvalue weighted by molar-refractivity contribution is 0.509. The number of allylic oxidation sites excluding steroid dienone is 1. The summed E-state index contributed by atoms with van der Waals surface area (Å²) in [5.74, 6) is -1.70. The number of aromatic nitrogens is 2. The highest BCUT2D eigenvalue weighted by Gasteiger charge is 2.10. The molecule has 0 saturated carbocycles. The maximum Gasteiger partial charge on any atom is 0.159 e. The van der Waals surface area contributed by atoms with E-state index < -0.39 is 11.6 Å². The Morgan fingerprint density at radius 2 is 1.95 bits per heavy atom. The molecule has 2 aromatic heterocycles. The van der Waals surface area contributed by atoms with E-state index >= 15 is 0 Å². The van der Waals surface area contributed by atoms with Crippen molar-refractivity contribution in [3.8, 4) is 11.1 Å². The predicted octanol–water partition coefficient (Wildman–Crippen LogP) is 4.87. The molecule has 0 aliphatic carbocycles. The van der Waals surface area contributed by atoms with Gasteiger partial charge in [0.2, 0.25) is 0 Å². The van der Waals surface area contributed by atoms with Gasteiger partial charge in [0.1, 0.15) is 0 Å². The summed E-state index contributed by atoms with van der Waals surface area (Å²) < 4.78 is 28.6. The molecule has 4 heteroatoms. The molecule has 1 aromatic carbocycles. The number of fused-ring (bicyclic) bond motifs is 1. The number of aryl methyl sites for hydroxylation is 1. The van der Waals surface area contributed by atoms with Gasteiger partial charge in [-0.1, -0.05) is 18.2 Å². The first-order valence-corrected chi connectivity index (χ1v) is 7.01. The smallest absolute Gasteiger partial charge is 0.159 e. The predicted molar refractivity (Wildman–Crippen MR) is 84.6 cm³/mol. The van der Waals surface area contributed by atoms with Crippen molar-refractivity contribution in [1.29, 1.82) is 0 Å². The van der Waals surface area contributed by atoms with E-state index in [1.165, 1.54) is 6.07 Å². The minimum absolute atomic E-state index is 0.606. The normalized spacial score (nSPS) is 11.1. The van der Waals surface area contributed by atoms with Gasteiger partial charge in [-0.3, -0.25) is 4.98 Å². The van der Waals surface area contributed by atoms with E-state index in [2.05, 4.69) is 16.1 Å². The molecule has 22 heavy (non-hydrogen) atoms. The second-order valence-electron chi connectivity index (χ2n) is 5.62. The van der Waals surface area contributed by atoms with Crippen LogP contribution in [-0.2, 0) is 6.54 Å². The zero-order chi connectivity index (χ0) is 15.9. The Kier molecular flexibility index (Phi) is 3.53. The van der Waals surface area contributed by atoms with Crippen molar-refractivity contribution in [2.24, 2.45) is 0 Å². The third kappa shape index (κ3) is 2.52. The van der Waals surface area contributed by atoms with Gasteiger partial charge in [0, 0.05) is 24.5 Å². The molecule has 0 aliphatic heterocycles. The monoisotopic (exact) mass is 298 g/mol.